The Labute approximate surface area is 82.9 Å². The summed E-state index contributed by atoms with van der Waals surface area (Å²) >= 11 is 0. The molecule has 72 valence electrons. The third-order valence-corrected chi connectivity index (χ3v) is 1.93. The van der Waals surface area contributed by atoms with Crippen LogP contribution in [0.3, 0.4) is 0 Å². The molecule has 1 aromatic rings. The van der Waals surface area contributed by atoms with Gasteiger partial charge in [0.25, 0.3) is 0 Å². The number of benzene rings is 1. The zero-order valence-electron chi connectivity index (χ0n) is 7.95. The first-order valence-electron chi connectivity index (χ1n) is 4.14. The smallest absolute Gasteiger partial charge is 0.162 e. The van der Waals surface area contributed by atoms with E-state index in [0.717, 1.165) is 0 Å². The van der Waals surface area contributed by atoms with Crippen LogP contribution in [0.4, 0.5) is 0 Å². The van der Waals surface area contributed by atoms with E-state index < -0.39 is 0 Å². The molecule has 0 aromatic heterocycles. The van der Waals surface area contributed by atoms with E-state index in [2.05, 4.69) is 6.58 Å². The number of methoxy groups -OCH3 is 1. The first kappa shape index (κ1) is 10.1. The third kappa shape index (κ3) is 1.69. The lowest BCUT2D eigenvalue weighted by Gasteiger charge is -2.08. The van der Waals surface area contributed by atoms with Gasteiger partial charge in [-0.3, -0.25) is 0 Å². The van der Waals surface area contributed by atoms with Crippen molar-refractivity contribution in [3.05, 3.63) is 35.9 Å². The highest BCUT2D eigenvalue weighted by Crippen LogP contribution is 2.32. The SMILES string of the molecule is C=CCc1c(C#N)ccc(OC)c1O. The van der Waals surface area contributed by atoms with E-state index in [-0.39, 0.29) is 5.75 Å². The molecule has 3 nitrogen and oxygen atoms in total. The van der Waals surface area contributed by atoms with Crippen molar-refractivity contribution < 1.29 is 9.84 Å². The monoisotopic (exact) mass is 189 g/mol. The molecule has 0 aliphatic rings. The Morgan fingerprint density at radius 1 is 1.64 bits per heavy atom. The molecule has 0 amide bonds. The lowest BCUT2D eigenvalue weighted by Crippen LogP contribution is -1.92. The summed E-state index contributed by atoms with van der Waals surface area (Å²) in [4.78, 5) is 0. The second kappa shape index (κ2) is 4.33. The van der Waals surface area contributed by atoms with E-state index in [0.29, 0.717) is 23.3 Å². The van der Waals surface area contributed by atoms with Crippen LogP contribution in [-0.4, -0.2) is 12.2 Å². The van der Waals surface area contributed by atoms with E-state index in [1.165, 1.54) is 7.11 Å². The summed E-state index contributed by atoms with van der Waals surface area (Å²) in [6, 6.07) is 5.20. The van der Waals surface area contributed by atoms with E-state index in [1.54, 1.807) is 18.2 Å². The van der Waals surface area contributed by atoms with Crippen molar-refractivity contribution in [2.45, 2.75) is 6.42 Å². The number of phenolic OH excluding ortho intramolecular Hbond substituents is 1. The summed E-state index contributed by atoms with van der Waals surface area (Å²) in [5.74, 6) is 0.396. The van der Waals surface area contributed by atoms with E-state index in [9.17, 15) is 5.11 Å². The van der Waals surface area contributed by atoms with Crippen molar-refractivity contribution in [2.24, 2.45) is 0 Å². The summed E-state index contributed by atoms with van der Waals surface area (Å²) < 4.78 is 4.94. The van der Waals surface area contributed by atoms with E-state index in [1.807, 2.05) is 6.07 Å². The summed E-state index contributed by atoms with van der Waals surface area (Å²) in [5.41, 5.74) is 1.00. The van der Waals surface area contributed by atoms with Gasteiger partial charge in [0.15, 0.2) is 11.5 Å². The molecule has 0 radical (unpaired) electrons. The van der Waals surface area contributed by atoms with Crippen LogP contribution in [0.2, 0.25) is 0 Å². The number of nitrogens with zero attached hydrogens (tertiary/aromatic N) is 1. The van der Waals surface area contributed by atoms with Crippen LogP contribution in [0.15, 0.2) is 24.8 Å². The highest BCUT2D eigenvalue weighted by molar-refractivity contribution is 5.54. The van der Waals surface area contributed by atoms with Gasteiger partial charge in [-0.2, -0.15) is 5.26 Å². The van der Waals surface area contributed by atoms with Crippen molar-refractivity contribution >= 4 is 0 Å². The summed E-state index contributed by atoms with van der Waals surface area (Å²) in [6.07, 6.45) is 2.08. The second-order valence-electron chi connectivity index (χ2n) is 2.75. The van der Waals surface area contributed by atoms with Crippen molar-refractivity contribution in [1.29, 1.82) is 5.26 Å². The minimum Gasteiger partial charge on any atom is -0.504 e. The first-order chi connectivity index (χ1) is 6.74. The number of aromatic hydroxyl groups is 1. The topological polar surface area (TPSA) is 53.2 Å². The number of rotatable bonds is 3. The van der Waals surface area contributed by atoms with Crippen LogP contribution < -0.4 is 4.74 Å². The Kier molecular flexibility index (Phi) is 3.14. The quantitative estimate of drug-likeness (QED) is 0.740. The van der Waals surface area contributed by atoms with Gasteiger partial charge in [-0.05, 0) is 18.6 Å². The summed E-state index contributed by atoms with van der Waals surface area (Å²) in [7, 11) is 1.47. The predicted octanol–water partition coefficient (Wildman–Crippen LogP) is 2.00. The van der Waals surface area contributed by atoms with Crippen molar-refractivity contribution in [1.82, 2.24) is 0 Å². The molecule has 0 unspecified atom stereocenters. The van der Waals surface area contributed by atoms with Gasteiger partial charge in [-0.25, -0.2) is 0 Å². The van der Waals surface area contributed by atoms with Crippen molar-refractivity contribution in [3.63, 3.8) is 0 Å². The molecular formula is C11H11NO2. The Bertz CT molecular complexity index is 391. The maximum absolute atomic E-state index is 9.71. The largest absolute Gasteiger partial charge is 0.504 e. The van der Waals surface area contributed by atoms with Gasteiger partial charge < -0.3 is 9.84 Å². The maximum Gasteiger partial charge on any atom is 0.162 e. The molecule has 0 bridgehead atoms. The fraction of sp³-hybridized carbons (Fsp3) is 0.182. The molecule has 14 heavy (non-hydrogen) atoms. The highest BCUT2D eigenvalue weighted by Gasteiger charge is 2.11. The predicted molar refractivity (Wildman–Crippen MR) is 53.3 cm³/mol. The van der Waals surface area contributed by atoms with Gasteiger partial charge in [0.05, 0.1) is 18.7 Å². The van der Waals surface area contributed by atoms with Gasteiger partial charge in [0, 0.05) is 5.56 Å². The third-order valence-electron chi connectivity index (χ3n) is 1.93. The number of nitriles is 1. The Morgan fingerprint density at radius 3 is 2.86 bits per heavy atom. The van der Waals surface area contributed by atoms with Gasteiger partial charge in [0.1, 0.15) is 0 Å². The minimum absolute atomic E-state index is 0.0199. The minimum atomic E-state index is 0.0199. The molecule has 0 aliphatic heterocycles. The molecule has 1 N–H and O–H groups in total. The average Bonchev–Trinajstić information content (AvgIpc) is 2.21. The van der Waals surface area contributed by atoms with Gasteiger partial charge in [-0.15, -0.1) is 6.58 Å². The fourth-order valence-corrected chi connectivity index (χ4v) is 1.24. The zero-order chi connectivity index (χ0) is 10.6. The maximum atomic E-state index is 9.71. The number of hydrogen-bond donors (Lipinski definition) is 1. The van der Waals surface area contributed by atoms with Crippen LogP contribution in [0, 0.1) is 11.3 Å². The lowest BCUT2D eigenvalue weighted by atomic mass is 10.0. The molecule has 0 saturated heterocycles. The molecule has 3 heteroatoms. The van der Waals surface area contributed by atoms with E-state index in [4.69, 9.17) is 10.00 Å². The van der Waals surface area contributed by atoms with Crippen LogP contribution in [0.25, 0.3) is 0 Å². The number of ether oxygens (including phenoxy) is 1. The van der Waals surface area contributed by atoms with Crippen LogP contribution in [0.1, 0.15) is 11.1 Å². The number of phenols is 1. The summed E-state index contributed by atoms with van der Waals surface area (Å²) in [5, 5.41) is 18.5. The highest BCUT2D eigenvalue weighted by atomic mass is 16.5. The van der Waals surface area contributed by atoms with Crippen molar-refractivity contribution in [3.8, 4) is 17.6 Å². The van der Waals surface area contributed by atoms with Crippen LogP contribution in [-0.2, 0) is 6.42 Å². The number of hydrogen-bond acceptors (Lipinski definition) is 3. The van der Waals surface area contributed by atoms with Gasteiger partial charge >= 0.3 is 0 Å². The molecule has 0 saturated carbocycles. The second-order valence-corrected chi connectivity index (χ2v) is 2.75. The van der Waals surface area contributed by atoms with Crippen molar-refractivity contribution in [2.75, 3.05) is 7.11 Å². The van der Waals surface area contributed by atoms with Gasteiger partial charge in [0.2, 0.25) is 0 Å². The van der Waals surface area contributed by atoms with Crippen LogP contribution in [0.5, 0.6) is 11.5 Å². The van der Waals surface area contributed by atoms with E-state index >= 15 is 0 Å². The molecule has 0 aliphatic carbocycles. The summed E-state index contributed by atoms with van der Waals surface area (Å²) in [6.45, 7) is 3.57. The van der Waals surface area contributed by atoms with Gasteiger partial charge in [-0.1, -0.05) is 6.08 Å². The molecule has 0 heterocycles. The number of allylic oxidation sites excluding steroid dienone is 1. The normalized spacial score (nSPS) is 9.14. The first-order valence-corrected chi connectivity index (χ1v) is 4.14. The molecular weight excluding hydrogens is 178 g/mol. The standard InChI is InChI=1S/C11H11NO2/c1-3-4-9-8(7-12)5-6-10(14-2)11(9)13/h3,5-6,13H,1,4H2,2H3. The average molecular weight is 189 g/mol. The molecule has 1 rings (SSSR count). The molecule has 1 aromatic carbocycles. The van der Waals surface area contributed by atoms with Crippen LogP contribution >= 0.6 is 0 Å². The molecule has 0 spiro atoms. The lowest BCUT2D eigenvalue weighted by molar-refractivity contribution is 0.371. The fourth-order valence-electron chi connectivity index (χ4n) is 1.24. The Hall–Kier alpha value is -1.95. The Balaban J connectivity index is 3.32. The molecule has 0 atom stereocenters. The zero-order valence-corrected chi connectivity index (χ0v) is 7.95. The Morgan fingerprint density at radius 2 is 2.36 bits per heavy atom. The molecule has 0 fully saturated rings.